The maximum atomic E-state index is 11.7. The highest BCUT2D eigenvalue weighted by Crippen LogP contribution is 2.66. The summed E-state index contributed by atoms with van der Waals surface area (Å²) in [7, 11) is 0. The summed E-state index contributed by atoms with van der Waals surface area (Å²) < 4.78 is 0. The second kappa shape index (κ2) is 10.8. The molecule has 1 heterocycles. The Morgan fingerprint density at radius 1 is 1.08 bits per heavy atom. The van der Waals surface area contributed by atoms with Crippen LogP contribution in [0.2, 0.25) is 0 Å². The van der Waals surface area contributed by atoms with E-state index in [1.165, 1.54) is 17.5 Å². The number of aromatic hydroxyl groups is 1. The predicted octanol–water partition coefficient (Wildman–Crippen LogP) is 5.33. The summed E-state index contributed by atoms with van der Waals surface area (Å²) in [6.07, 6.45) is 12.0. The van der Waals surface area contributed by atoms with Crippen molar-refractivity contribution in [3.8, 4) is 5.75 Å². The highest BCUT2D eigenvalue weighted by molar-refractivity contribution is 5.40. The van der Waals surface area contributed by atoms with Gasteiger partial charge in [0.15, 0.2) is 0 Å². The molecule has 0 radical (unpaired) electrons. The van der Waals surface area contributed by atoms with E-state index in [1.807, 2.05) is 36.5 Å². The lowest BCUT2D eigenvalue weighted by Crippen LogP contribution is -2.46. The molecule has 1 aromatic carbocycles. The molecule has 4 N–H and O–H groups in total. The van der Waals surface area contributed by atoms with Crippen LogP contribution in [-0.2, 0) is 13.0 Å². The van der Waals surface area contributed by atoms with Gasteiger partial charge in [0, 0.05) is 18.2 Å². The molecule has 3 aliphatic carbocycles. The third-order valence-corrected chi connectivity index (χ3v) is 10.1. The number of phenols is 1. The molecule has 5 heteroatoms. The first-order valence-corrected chi connectivity index (χ1v) is 14.2. The number of nitrogens with zero attached hydrogens (tertiary/aromatic N) is 1. The average molecular weight is 493 g/mol. The van der Waals surface area contributed by atoms with Crippen LogP contribution in [0.1, 0.15) is 87.4 Å². The lowest BCUT2D eigenvalue weighted by atomic mass is 9.55. The molecular formula is C31H44N2O3. The highest BCUT2D eigenvalue weighted by Gasteiger charge is 2.63. The molecule has 0 bridgehead atoms. The average Bonchev–Trinajstić information content (AvgIpc) is 3.13. The van der Waals surface area contributed by atoms with Crippen LogP contribution in [0.5, 0.6) is 5.75 Å². The van der Waals surface area contributed by atoms with Gasteiger partial charge in [-0.15, -0.1) is 0 Å². The fourth-order valence-electron chi connectivity index (χ4n) is 8.16. The molecule has 6 atom stereocenters. The lowest BCUT2D eigenvalue weighted by Gasteiger charge is -2.50. The number of fused-ring (bicyclic) bond motifs is 5. The van der Waals surface area contributed by atoms with E-state index in [0.29, 0.717) is 23.5 Å². The van der Waals surface area contributed by atoms with Crippen molar-refractivity contribution in [1.29, 1.82) is 0 Å². The molecule has 0 saturated heterocycles. The number of nitrogens with one attached hydrogen (secondary N) is 1. The molecule has 0 spiro atoms. The second-order valence-corrected chi connectivity index (χ2v) is 12.1. The van der Waals surface area contributed by atoms with Crippen LogP contribution in [0, 0.1) is 22.7 Å². The van der Waals surface area contributed by atoms with Gasteiger partial charge in [-0.05, 0) is 110 Å². The SMILES string of the molecule is C[C@]12CCC3c4ccc(O)cc4CCC3C1C[C@@](CO)(CCCCCCNCc1ccccn1)[C@@H]2O. The molecule has 1 aromatic heterocycles. The molecule has 2 fully saturated rings. The number of rotatable bonds is 10. The van der Waals surface area contributed by atoms with Crippen LogP contribution in [0.15, 0.2) is 42.6 Å². The summed E-state index contributed by atoms with van der Waals surface area (Å²) in [4.78, 5) is 4.35. The van der Waals surface area contributed by atoms with Crippen LogP contribution < -0.4 is 5.32 Å². The van der Waals surface area contributed by atoms with Crippen molar-refractivity contribution in [3.63, 3.8) is 0 Å². The minimum Gasteiger partial charge on any atom is -0.508 e. The van der Waals surface area contributed by atoms with Crippen molar-refractivity contribution < 1.29 is 15.3 Å². The first-order valence-electron chi connectivity index (χ1n) is 14.2. The number of hydrogen-bond acceptors (Lipinski definition) is 5. The van der Waals surface area contributed by atoms with Crippen LogP contribution in [-0.4, -0.2) is 39.6 Å². The maximum Gasteiger partial charge on any atom is 0.115 e. The number of hydrogen-bond donors (Lipinski definition) is 4. The standard InChI is InChI=1S/C31H44N2O3/c1-30-15-13-26-25-12-10-24(35)18-22(25)9-11-27(26)28(30)19-31(21-34,29(30)36)14-5-2-3-6-16-32-20-23-8-4-7-17-33-23/h4,7-8,10,12,17-18,26-29,32,34-36H,2-3,5-6,9,11,13-16,19-21H2,1H3/t26?,27?,28?,29-,30+,31-/m1/s1. The monoisotopic (exact) mass is 492 g/mol. The summed E-state index contributed by atoms with van der Waals surface area (Å²) in [5.74, 6) is 1.91. The zero-order valence-electron chi connectivity index (χ0n) is 21.8. The highest BCUT2D eigenvalue weighted by atomic mass is 16.3. The Morgan fingerprint density at radius 2 is 1.94 bits per heavy atom. The third kappa shape index (κ3) is 4.82. The third-order valence-electron chi connectivity index (χ3n) is 10.1. The van der Waals surface area contributed by atoms with Crippen LogP contribution in [0.4, 0.5) is 0 Å². The van der Waals surface area contributed by atoms with Gasteiger partial charge in [0.05, 0.1) is 18.4 Å². The van der Waals surface area contributed by atoms with E-state index in [1.54, 1.807) is 0 Å². The van der Waals surface area contributed by atoms with Crippen molar-refractivity contribution in [3.05, 3.63) is 59.4 Å². The fourth-order valence-corrected chi connectivity index (χ4v) is 8.16. The summed E-state index contributed by atoms with van der Waals surface area (Å²) in [5, 5.41) is 35.7. The van der Waals surface area contributed by atoms with Crippen LogP contribution in [0.25, 0.3) is 0 Å². The molecule has 196 valence electrons. The van der Waals surface area contributed by atoms with Crippen molar-refractivity contribution >= 4 is 0 Å². The molecule has 2 saturated carbocycles. The topological polar surface area (TPSA) is 85.6 Å². The number of aryl methyl sites for hydroxylation is 1. The van der Waals surface area contributed by atoms with Crippen molar-refractivity contribution in [2.24, 2.45) is 22.7 Å². The van der Waals surface area contributed by atoms with Gasteiger partial charge < -0.3 is 20.6 Å². The van der Waals surface area contributed by atoms with Gasteiger partial charge in [-0.3, -0.25) is 4.98 Å². The van der Waals surface area contributed by atoms with E-state index in [4.69, 9.17) is 0 Å². The number of aromatic nitrogens is 1. The smallest absolute Gasteiger partial charge is 0.115 e. The Balaban J connectivity index is 1.14. The largest absolute Gasteiger partial charge is 0.508 e. The quantitative estimate of drug-likeness (QED) is 0.337. The van der Waals surface area contributed by atoms with E-state index in [0.717, 1.165) is 76.6 Å². The molecule has 3 unspecified atom stereocenters. The lowest BCUT2D eigenvalue weighted by molar-refractivity contribution is -0.0715. The Kier molecular flexibility index (Phi) is 7.71. The Hall–Kier alpha value is -1.95. The molecular weight excluding hydrogens is 448 g/mol. The Bertz CT molecular complexity index is 1010. The fraction of sp³-hybridized carbons (Fsp3) is 0.645. The predicted molar refractivity (Wildman–Crippen MR) is 143 cm³/mol. The van der Waals surface area contributed by atoms with Crippen molar-refractivity contribution in [2.45, 2.75) is 89.7 Å². The van der Waals surface area contributed by atoms with E-state index >= 15 is 0 Å². The zero-order valence-corrected chi connectivity index (χ0v) is 21.8. The summed E-state index contributed by atoms with van der Waals surface area (Å²) in [6, 6.07) is 11.9. The second-order valence-electron chi connectivity index (χ2n) is 12.1. The number of benzene rings is 1. The zero-order chi connectivity index (χ0) is 25.2. The van der Waals surface area contributed by atoms with Crippen molar-refractivity contribution in [1.82, 2.24) is 10.3 Å². The first kappa shape index (κ1) is 25.7. The summed E-state index contributed by atoms with van der Waals surface area (Å²) in [5.41, 5.74) is 3.34. The van der Waals surface area contributed by atoms with E-state index in [2.05, 4.69) is 23.3 Å². The van der Waals surface area contributed by atoms with E-state index in [9.17, 15) is 15.3 Å². The van der Waals surface area contributed by atoms with Crippen molar-refractivity contribution in [2.75, 3.05) is 13.2 Å². The number of pyridine rings is 1. The molecule has 5 nitrogen and oxygen atoms in total. The summed E-state index contributed by atoms with van der Waals surface area (Å²) in [6.45, 7) is 4.20. The van der Waals surface area contributed by atoms with E-state index < -0.39 is 6.10 Å². The summed E-state index contributed by atoms with van der Waals surface area (Å²) >= 11 is 0. The number of aliphatic hydroxyl groups excluding tert-OH is 2. The van der Waals surface area contributed by atoms with Gasteiger partial charge in [0.2, 0.25) is 0 Å². The first-order chi connectivity index (χ1) is 17.5. The minimum atomic E-state index is -0.429. The number of aliphatic hydroxyl groups is 2. The van der Waals surface area contributed by atoms with E-state index in [-0.39, 0.29) is 17.4 Å². The minimum absolute atomic E-state index is 0.0910. The number of phenolic OH excluding ortho intramolecular Hbond substituents is 1. The molecule has 36 heavy (non-hydrogen) atoms. The van der Waals surface area contributed by atoms with Gasteiger partial charge >= 0.3 is 0 Å². The van der Waals surface area contributed by atoms with Gasteiger partial charge in [0.1, 0.15) is 5.75 Å². The molecule has 3 aliphatic rings. The van der Waals surface area contributed by atoms with Gasteiger partial charge in [-0.2, -0.15) is 0 Å². The Labute approximate surface area is 216 Å². The molecule has 2 aromatic rings. The Morgan fingerprint density at radius 3 is 2.75 bits per heavy atom. The van der Waals surface area contributed by atoms with Gasteiger partial charge in [-0.25, -0.2) is 0 Å². The van der Waals surface area contributed by atoms with Crippen LogP contribution >= 0.6 is 0 Å². The molecule has 0 amide bonds. The van der Waals surface area contributed by atoms with Crippen LogP contribution in [0.3, 0.4) is 0 Å². The molecule has 5 rings (SSSR count). The molecule has 0 aliphatic heterocycles. The normalized spacial score (nSPS) is 33.1. The van der Waals surface area contributed by atoms with Gasteiger partial charge in [0.25, 0.3) is 0 Å². The van der Waals surface area contributed by atoms with Gasteiger partial charge in [-0.1, -0.05) is 38.3 Å². The maximum absolute atomic E-state index is 11.7. The number of unbranched alkanes of at least 4 members (excludes halogenated alkanes) is 3.